The molecule has 54 heavy (non-hydrogen) atoms. The van der Waals surface area contributed by atoms with Crippen LogP contribution in [0, 0.1) is 0 Å². The molecule has 5 rings (SSSR count). The van der Waals surface area contributed by atoms with Gasteiger partial charge < -0.3 is 29.7 Å². The number of amides is 3. The Hall–Kier alpha value is -4.52. The van der Waals surface area contributed by atoms with Crippen molar-refractivity contribution in [3.8, 4) is 22.5 Å². The molecule has 23 heteroatoms. The summed E-state index contributed by atoms with van der Waals surface area (Å²) in [4.78, 5) is 51.3. The Morgan fingerprint density at radius 1 is 0.926 bits per heavy atom. The van der Waals surface area contributed by atoms with Crippen LogP contribution in [-0.2, 0) is 39.8 Å². The number of carboxylic acids is 1. The summed E-state index contributed by atoms with van der Waals surface area (Å²) in [6.45, 7) is -0.956. The maximum atomic E-state index is 13.7. The zero-order chi connectivity index (χ0) is 39.0. The summed E-state index contributed by atoms with van der Waals surface area (Å²) in [6.07, 6.45) is 1.68. The molecule has 0 bridgehead atoms. The minimum absolute atomic E-state index is 0. The monoisotopic (exact) mass is 813 g/mol. The third kappa shape index (κ3) is 8.72. The number of hydrogen-bond donors (Lipinski definition) is 5. The van der Waals surface area contributed by atoms with Crippen LogP contribution >= 0.6 is 0 Å². The first-order valence-corrected chi connectivity index (χ1v) is 19.6. The van der Waals surface area contributed by atoms with Crippen molar-refractivity contribution in [2.45, 2.75) is 16.2 Å². The van der Waals surface area contributed by atoms with Gasteiger partial charge in [-0.2, -0.15) is 0 Å². The number of nitrogen functional groups attached to an aromatic ring is 1. The number of sulfonamides is 1. The van der Waals surface area contributed by atoms with Crippen molar-refractivity contribution in [1.82, 2.24) is 14.9 Å². The summed E-state index contributed by atoms with van der Waals surface area (Å²) in [6, 6.07) is 8.13. The number of nitrogens with one attached hydrogen (secondary N) is 3. The van der Waals surface area contributed by atoms with Gasteiger partial charge in [-0.25, -0.2) is 39.8 Å². The van der Waals surface area contributed by atoms with Crippen LogP contribution in [0.1, 0.15) is 27.1 Å². The summed E-state index contributed by atoms with van der Waals surface area (Å²) >= 11 is 0. The standard InChI is InChI=1S/C31H29N5O14S3.Na/c1-33-22-8-6-19-25(20-15-16(3-4-17(20)31(40)41)30(39)34-12-13-36-23(37)9-10-24(36)38)18-5-7-21(32)28(26(18)50-27(19)29(22)53(47,48)49)52(45,46)35-11-2-14-51(42,43)44;/h3-10,15,35H,2,11-14,32H2,1H3,(H,34,39)(H,40,41)(H,42,43,44)(H,47,48,49);/q;+1/p-1. The van der Waals surface area contributed by atoms with E-state index in [0.29, 0.717) is 0 Å². The number of hydrogen-bond acceptors (Lipinski definition) is 14. The van der Waals surface area contributed by atoms with E-state index in [9.17, 15) is 58.6 Å². The number of benzene rings is 3. The predicted octanol–water partition coefficient (Wildman–Crippen LogP) is -5.13. The van der Waals surface area contributed by atoms with E-state index in [0.717, 1.165) is 41.3 Å². The number of aromatic carboxylic acids is 1. The SMILES string of the molecule is C[NH+]=c1ccc2c(-c3cc(C(=O)NCCN4C(=O)C=CC4=O)ccc3C(=O)O)c3ccc(N)c(S(=O)(=O)NCCCS(=O)(=O)[O-])c3oc-2c1S(=O)(=O)[O-].[Na+]. The first-order chi connectivity index (χ1) is 24.7. The fraction of sp³-hybridized carbons (Fsp3) is 0.194. The molecule has 0 spiro atoms. The number of anilines is 1. The first-order valence-electron chi connectivity index (χ1n) is 15.2. The summed E-state index contributed by atoms with van der Waals surface area (Å²) in [5.74, 6) is -5.12. The van der Waals surface area contributed by atoms with Crippen molar-refractivity contribution in [1.29, 1.82) is 0 Å². The summed E-state index contributed by atoms with van der Waals surface area (Å²) in [5, 5.41) is 12.3. The average molecular weight is 814 g/mol. The van der Waals surface area contributed by atoms with E-state index in [2.05, 4.69) is 15.0 Å². The molecule has 19 nitrogen and oxygen atoms in total. The van der Waals surface area contributed by atoms with Gasteiger partial charge in [-0.05, 0) is 48.4 Å². The number of rotatable bonds is 13. The fourth-order valence-electron chi connectivity index (χ4n) is 5.64. The molecule has 280 valence electrons. The van der Waals surface area contributed by atoms with Gasteiger partial charge in [0.05, 0.1) is 21.4 Å². The van der Waals surface area contributed by atoms with Gasteiger partial charge in [-0.15, -0.1) is 0 Å². The molecule has 6 N–H and O–H groups in total. The van der Waals surface area contributed by atoms with E-state index >= 15 is 0 Å². The maximum absolute atomic E-state index is 13.7. The molecule has 0 aromatic heterocycles. The van der Waals surface area contributed by atoms with Crippen LogP contribution in [-0.4, -0.2) is 100 Å². The minimum Gasteiger partial charge on any atom is -0.748 e. The van der Waals surface area contributed by atoms with Crippen molar-refractivity contribution in [3.05, 3.63) is 71.1 Å². The van der Waals surface area contributed by atoms with Gasteiger partial charge in [0, 0.05) is 65.7 Å². The van der Waals surface area contributed by atoms with E-state index in [-0.39, 0.29) is 75.6 Å². The third-order valence-corrected chi connectivity index (χ3v) is 11.2. The van der Waals surface area contributed by atoms with Gasteiger partial charge >= 0.3 is 35.5 Å². The molecule has 0 unspecified atom stereocenters. The van der Waals surface area contributed by atoms with Gasteiger partial charge in [0.2, 0.25) is 15.4 Å². The molecule has 1 aliphatic carbocycles. The topological polar surface area (TPSA) is 317 Å². The molecular formula is C31H28N5NaO14S3. The van der Waals surface area contributed by atoms with Crippen LogP contribution in [0.25, 0.3) is 33.4 Å². The van der Waals surface area contributed by atoms with Crippen LogP contribution in [0.2, 0.25) is 0 Å². The number of nitrogens with zero attached hydrogens (tertiary/aromatic N) is 1. The quantitative estimate of drug-likeness (QED) is 0.0211. The summed E-state index contributed by atoms with van der Waals surface area (Å²) in [7, 11) is -13.6. The summed E-state index contributed by atoms with van der Waals surface area (Å²) in [5.41, 5.74) is 3.68. The largest absolute Gasteiger partial charge is 1.00 e. The fourth-order valence-corrected chi connectivity index (χ4v) is 8.29. The maximum Gasteiger partial charge on any atom is 1.00 e. The van der Waals surface area contributed by atoms with Crippen molar-refractivity contribution in [3.63, 3.8) is 0 Å². The number of fused-ring (bicyclic) bond motifs is 2. The third-order valence-electron chi connectivity index (χ3n) is 7.95. The van der Waals surface area contributed by atoms with Gasteiger partial charge in [-0.3, -0.25) is 19.3 Å². The zero-order valence-corrected chi connectivity index (χ0v) is 32.7. The number of carboxylic acid groups (broad SMARTS) is 1. The number of imide groups is 1. The number of carbonyl (C=O) groups excluding carboxylic acids is 3. The molecule has 0 fully saturated rings. The minimum atomic E-state index is -5.43. The smallest absolute Gasteiger partial charge is 0.748 e. The second-order valence-corrected chi connectivity index (χ2v) is 15.9. The first kappa shape index (κ1) is 42.2. The second-order valence-electron chi connectivity index (χ2n) is 11.4. The van der Waals surface area contributed by atoms with E-state index in [1.807, 2.05) is 0 Å². The molecule has 3 aliphatic rings. The Morgan fingerprint density at radius 2 is 1.59 bits per heavy atom. The normalized spacial score (nSPS) is 13.8. The molecule has 0 saturated carbocycles. The van der Waals surface area contributed by atoms with Crippen molar-refractivity contribution < 1.29 is 97.6 Å². The van der Waals surface area contributed by atoms with Gasteiger partial charge in [-0.1, -0.05) is 0 Å². The second kappa shape index (κ2) is 16.1. The van der Waals surface area contributed by atoms with Gasteiger partial charge in [0.15, 0.2) is 16.2 Å². The van der Waals surface area contributed by atoms with E-state index in [1.165, 1.54) is 25.2 Å². The Morgan fingerprint density at radius 3 is 2.19 bits per heavy atom. The Kier molecular flexibility index (Phi) is 12.6. The Labute approximate surface area is 329 Å². The Bertz CT molecular complexity index is 2620. The molecular weight excluding hydrogens is 786 g/mol. The summed E-state index contributed by atoms with van der Waals surface area (Å²) < 4.78 is 107. The van der Waals surface area contributed by atoms with E-state index in [4.69, 9.17) is 10.2 Å². The molecule has 3 amide bonds. The number of carbonyl (C=O) groups is 4. The predicted molar refractivity (Wildman–Crippen MR) is 180 cm³/mol. The zero-order valence-electron chi connectivity index (χ0n) is 28.2. The average Bonchev–Trinajstić information content (AvgIpc) is 3.39. The van der Waals surface area contributed by atoms with Gasteiger partial charge in [0.1, 0.15) is 22.1 Å². The van der Waals surface area contributed by atoms with Crippen LogP contribution in [0.3, 0.4) is 0 Å². The van der Waals surface area contributed by atoms with Crippen molar-refractivity contribution in [2.75, 3.05) is 38.2 Å². The van der Waals surface area contributed by atoms with Crippen LogP contribution in [0.4, 0.5) is 5.69 Å². The van der Waals surface area contributed by atoms with Crippen LogP contribution in [0.5, 0.6) is 0 Å². The van der Waals surface area contributed by atoms with E-state index in [1.54, 1.807) is 0 Å². The van der Waals surface area contributed by atoms with Crippen molar-refractivity contribution >= 4 is 70.6 Å². The molecule has 2 heterocycles. The molecule has 0 saturated heterocycles. The van der Waals surface area contributed by atoms with Crippen molar-refractivity contribution in [2.24, 2.45) is 0 Å². The molecule has 2 aromatic carbocycles. The number of nitrogens with two attached hydrogens (primary N) is 1. The molecule has 0 atom stereocenters. The molecule has 0 radical (unpaired) electrons. The van der Waals surface area contributed by atoms with Crippen LogP contribution < -0.4 is 55.7 Å². The Balaban J connectivity index is 0.00000650. The molecule has 2 aromatic rings. The molecule has 2 aliphatic heterocycles. The van der Waals surface area contributed by atoms with E-state index < -0.39 is 105 Å². The van der Waals surface area contributed by atoms with Gasteiger partial charge in [0.25, 0.3) is 17.7 Å². The van der Waals surface area contributed by atoms with Crippen LogP contribution in [0.15, 0.2) is 68.8 Å².